The lowest BCUT2D eigenvalue weighted by Gasteiger charge is -2.29. The first-order valence-corrected chi connectivity index (χ1v) is 9.75. The van der Waals surface area contributed by atoms with Crippen LogP contribution in [0.2, 0.25) is 0 Å². The van der Waals surface area contributed by atoms with Crippen molar-refractivity contribution in [2.75, 3.05) is 11.5 Å². The first kappa shape index (κ1) is 21.0. The van der Waals surface area contributed by atoms with Crippen LogP contribution in [0.5, 0.6) is 0 Å². The molecule has 2 heterocycles. The van der Waals surface area contributed by atoms with Crippen molar-refractivity contribution < 1.29 is 9.90 Å². The Hall–Kier alpha value is -2.69. The van der Waals surface area contributed by atoms with Gasteiger partial charge < -0.3 is 5.11 Å². The van der Waals surface area contributed by atoms with Gasteiger partial charge in [0.15, 0.2) is 0 Å². The van der Waals surface area contributed by atoms with Crippen molar-refractivity contribution in [3.05, 3.63) is 90.3 Å². The van der Waals surface area contributed by atoms with E-state index in [1.807, 2.05) is 65.6 Å². The van der Waals surface area contributed by atoms with Gasteiger partial charge in [0, 0.05) is 24.7 Å². The van der Waals surface area contributed by atoms with Crippen molar-refractivity contribution in [3.8, 4) is 0 Å². The summed E-state index contributed by atoms with van der Waals surface area (Å²) in [5.41, 5.74) is 3.37. The van der Waals surface area contributed by atoms with E-state index in [1.54, 1.807) is 12.4 Å². The van der Waals surface area contributed by atoms with Gasteiger partial charge in [0.05, 0.1) is 11.1 Å². The number of carbonyl (C=O) groups excluding carboxylic acids is 1. The van der Waals surface area contributed by atoms with Crippen molar-refractivity contribution in [3.63, 3.8) is 0 Å². The Morgan fingerprint density at radius 1 is 0.897 bits per heavy atom. The number of benzene rings is 2. The molecule has 1 aliphatic rings. The summed E-state index contributed by atoms with van der Waals surface area (Å²) in [6.45, 7) is 0.142. The molecule has 1 atom stereocenters. The van der Waals surface area contributed by atoms with E-state index in [2.05, 4.69) is 11.1 Å². The highest BCUT2D eigenvalue weighted by Gasteiger charge is 2.50. The number of nitrogens with zero attached hydrogens (tertiary/aromatic N) is 2. The van der Waals surface area contributed by atoms with Gasteiger partial charge in [-0.25, -0.2) is 0 Å². The van der Waals surface area contributed by atoms with Crippen molar-refractivity contribution in [2.24, 2.45) is 0 Å². The molecular weight excluding hydrogens is 384 g/mol. The lowest BCUT2D eigenvalue weighted by Crippen LogP contribution is -2.40. The summed E-state index contributed by atoms with van der Waals surface area (Å²) in [5.74, 6) is 0.106. The van der Waals surface area contributed by atoms with Gasteiger partial charge in [-0.15, -0.1) is 12.4 Å². The Balaban J connectivity index is 0.00000240. The van der Waals surface area contributed by atoms with Crippen LogP contribution in [0.15, 0.2) is 79.1 Å². The van der Waals surface area contributed by atoms with Crippen LogP contribution < -0.4 is 4.90 Å². The molecule has 29 heavy (non-hydrogen) atoms. The number of aliphatic hydroxyl groups excluding tert-OH is 1. The lowest BCUT2D eigenvalue weighted by molar-refractivity contribution is -0.122. The second kappa shape index (κ2) is 9.21. The van der Waals surface area contributed by atoms with Gasteiger partial charge in [-0.1, -0.05) is 36.4 Å². The average molecular weight is 409 g/mol. The Morgan fingerprint density at radius 2 is 1.59 bits per heavy atom. The maximum Gasteiger partial charge on any atom is 0.242 e. The third kappa shape index (κ3) is 3.91. The second-order valence-electron chi connectivity index (χ2n) is 7.29. The summed E-state index contributed by atoms with van der Waals surface area (Å²) in [6, 6.07) is 21.9. The number of fused-ring (bicyclic) bond motifs is 1. The number of para-hydroxylation sites is 2. The van der Waals surface area contributed by atoms with Gasteiger partial charge in [-0.3, -0.25) is 14.7 Å². The van der Waals surface area contributed by atoms with Crippen LogP contribution in [0.4, 0.5) is 11.4 Å². The monoisotopic (exact) mass is 408 g/mol. The summed E-state index contributed by atoms with van der Waals surface area (Å²) in [5, 5.41) is 9.30. The van der Waals surface area contributed by atoms with Gasteiger partial charge in [0.25, 0.3) is 0 Å². The first-order chi connectivity index (χ1) is 13.8. The van der Waals surface area contributed by atoms with Gasteiger partial charge in [-0.2, -0.15) is 0 Å². The number of rotatable bonds is 7. The smallest absolute Gasteiger partial charge is 0.242 e. The Morgan fingerprint density at radius 3 is 2.31 bits per heavy atom. The van der Waals surface area contributed by atoms with Crippen molar-refractivity contribution >= 4 is 29.7 Å². The van der Waals surface area contributed by atoms with Crippen molar-refractivity contribution in [1.29, 1.82) is 0 Å². The van der Waals surface area contributed by atoms with Crippen LogP contribution in [-0.4, -0.2) is 22.6 Å². The molecule has 0 aliphatic carbocycles. The van der Waals surface area contributed by atoms with E-state index in [0.29, 0.717) is 19.3 Å². The highest BCUT2D eigenvalue weighted by Crippen LogP contribution is 2.49. The second-order valence-corrected chi connectivity index (χ2v) is 7.29. The largest absolute Gasteiger partial charge is 0.396 e. The fraction of sp³-hybridized carbons (Fsp3) is 0.250. The molecule has 4 rings (SSSR count). The number of unbranched alkanes of at least 4 members (excludes halogenated alkanes) is 1. The molecule has 1 unspecified atom stereocenters. The summed E-state index contributed by atoms with van der Waals surface area (Å²) in [6.07, 6.45) is 6.37. The molecule has 1 aromatic heterocycles. The minimum atomic E-state index is -0.636. The number of anilines is 2. The highest BCUT2D eigenvalue weighted by atomic mass is 35.5. The SMILES string of the molecule is Cl.O=C1N(c2ccccc2)c2ccccc2C1(CCCCO)Cc1ccncc1. The molecule has 4 nitrogen and oxygen atoms in total. The molecule has 0 spiro atoms. The minimum absolute atomic E-state index is 0. The molecule has 0 bridgehead atoms. The van der Waals surface area contributed by atoms with Gasteiger partial charge in [0.1, 0.15) is 0 Å². The average Bonchev–Trinajstić information content (AvgIpc) is 2.98. The topological polar surface area (TPSA) is 53.4 Å². The van der Waals surface area contributed by atoms with E-state index in [1.165, 1.54) is 0 Å². The summed E-state index contributed by atoms with van der Waals surface area (Å²) >= 11 is 0. The van der Waals surface area contributed by atoms with Crippen LogP contribution in [0, 0.1) is 0 Å². The molecule has 0 radical (unpaired) electrons. The zero-order valence-electron chi connectivity index (χ0n) is 16.2. The van der Waals surface area contributed by atoms with Crippen molar-refractivity contribution in [2.45, 2.75) is 31.1 Å². The van der Waals surface area contributed by atoms with Crippen LogP contribution >= 0.6 is 12.4 Å². The van der Waals surface area contributed by atoms with Crippen LogP contribution in [0.25, 0.3) is 0 Å². The van der Waals surface area contributed by atoms with Crippen LogP contribution in [-0.2, 0) is 16.6 Å². The standard InChI is InChI=1S/C24H24N2O2.ClH/c27-17-7-6-14-24(18-19-12-15-25-16-13-19)21-10-4-5-11-22(21)26(23(24)28)20-8-2-1-3-9-20;/h1-5,8-13,15-16,27H,6-7,14,17-18H2;1H. The fourth-order valence-electron chi connectivity index (χ4n) is 4.23. The molecule has 3 aromatic rings. The van der Waals surface area contributed by atoms with Gasteiger partial charge in [0.2, 0.25) is 5.91 Å². The number of carbonyl (C=O) groups is 1. The molecule has 2 aromatic carbocycles. The van der Waals surface area contributed by atoms with E-state index in [-0.39, 0.29) is 24.9 Å². The predicted octanol–water partition coefficient (Wildman–Crippen LogP) is 4.82. The molecular formula is C24H25ClN2O2. The molecule has 0 fully saturated rings. The Labute approximate surface area is 177 Å². The summed E-state index contributed by atoms with van der Waals surface area (Å²) < 4.78 is 0. The lowest BCUT2D eigenvalue weighted by atomic mass is 9.73. The highest BCUT2D eigenvalue weighted by molar-refractivity contribution is 6.13. The fourth-order valence-corrected chi connectivity index (χ4v) is 4.23. The van der Waals surface area contributed by atoms with E-state index >= 15 is 0 Å². The molecule has 1 amide bonds. The number of aromatic nitrogens is 1. The number of aliphatic hydroxyl groups is 1. The molecule has 150 valence electrons. The van der Waals surface area contributed by atoms with Crippen LogP contribution in [0.3, 0.4) is 0 Å². The normalized spacial score (nSPS) is 17.7. The maximum atomic E-state index is 13.9. The summed E-state index contributed by atoms with van der Waals surface area (Å²) in [4.78, 5) is 19.9. The van der Waals surface area contributed by atoms with Gasteiger partial charge >= 0.3 is 0 Å². The Bertz CT molecular complexity index is 949. The molecule has 1 N–H and O–H groups in total. The number of hydrogen-bond acceptors (Lipinski definition) is 3. The van der Waals surface area contributed by atoms with E-state index in [9.17, 15) is 9.90 Å². The molecule has 1 aliphatic heterocycles. The number of hydrogen-bond donors (Lipinski definition) is 1. The van der Waals surface area contributed by atoms with Crippen LogP contribution in [0.1, 0.15) is 30.4 Å². The number of halogens is 1. The quantitative estimate of drug-likeness (QED) is 0.570. The zero-order valence-corrected chi connectivity index (χ0v) is 17.0. The number of pyridine rings is 1. The third-order valence-corrected chi connectivity index (χ3v) is 5.55. The zero-order chi connectivity index (χ0) is 19.4. The first-order valence-electron chi connectivity index (χ1n) is 9.75. The van der Waals surface area contributed by atoms with E-state index in [4.69, 9.17) is 0 Å². The van der Waals surface area contributed by atoms with E-state index in [0.717, 1.165) is 28.9 Å². The third-order valence-electron chi connectivity index (χ3n) is 5.55. The number of amides is 1. The summed E-state index contributed by atoms with van der Waals surface area (Å²) in [7, 11) is 0. The van der Waals surface area contributed by atoms with Crippen molar-refractivity contribution in [1.82, 2.24) is 4.98 Å². The van der Waals surface area contributed by atoms with E-state index < -0.39 is 5.41 Å². The molecule has 0 saturated carbocycles. The Kier molecular flexibility index (Phi) is 6.68. The minimum Gasteiger partial charge on any atom is -0.396 e. The molecule has 0 saturated heterocycles. The van der Waals surface area contributed by atoms with Gasteiger partial charge in [-0.05, 0) is 67.1 Å². The molecule has 5 heteroatoms. The predicted molar refractivity (Wildman–Crippen MR) is 118 cm³/mol. The maximum absolute atomic E-state index is 13.9.